The highest BCUT2D eigenvalue weighted by molar-refractivity contribution is 9.10. The summed E-state index contributed by atoms with van der Waals surface area (Å²) in [5.74, 6) is -0.892. The summed E-state index contributed by atoms with van der Waals surface area (Å²) in [6, 6.07) is 25.8. The third kappa shape index (κ3) is 5.63. The fourth-order valence-corrected chi connectivity index (χ4v) is 4.83. The number of nitriles is 1. The molecule has 5 aromatic rings. The molecular weight excluding hydrogens is 615 g/mol. The van der Waals surface area contributed by atoms with Crippen molar-refractivity contribution in [3.8, 4) is 22.9 Å². The summed E-state index contributed by atoms with van der Waals surface area (Å²) in [4.78, 5) is 29.1. The molecule has 0 spiro atoms. The molecule has 40 heavy (non-hydrogen) atoms. The number of nitrogens with one attached hydrogen (secondary N) is 2. The predicted octanol–water partition coefficient (Wildman–Crippen LogP) is 7.76. The van der Waals surface area contributed by atoms with Crippen LogP contribution in [-0.4, -0.2) is 23.1 Å². The van der Waals surface area contributed by atoms with E-state index in [0.29, 0.717) is 53.2 Å². The fourth-order valence-electron chi connectivity index (χ4n) is 4.10. The van der Waals surface area contributed by atoms with Gasteiger partial charge in [-0.15, -0.1) is 0 Å². The molecule has 0 saturated carbocycles. The van der Waals surface area contributed by atoms with E-state index in [1.807, 2.05) is 12.1 Å². The van der Waals surface area contributed by atoms with Crippen molar-refractivity contribution in [3.05, 3.63) is 122 Å². The highest BCUT2D eigenvalue weighted by Gasteiger charge is 2.22. The van der Waals surface area contributed by atoms with Crippen molar-refractivity contribution < 1.29 is 14.3 Å². The highest BCUT2D eigenvalue weighted by atomic mass is 79.9. The molecule has 0 bridgehead atoms. The molecule has 4 aromatic carbocycles. The molecule has 5 rings (SSSR count). The molecule has 1 heterocycles. The summed E-state index contributed by atoms with van der Waals surface area (Å²) < 4.78 is 6.28. The second-order valence-corrected chi connectivity index (χ2v) is 10.2. The second-order valence-electron chi connectivity index (χ2n) is 8.47. The van der Waals surface area contributed by atoms with E-state index in [0.717, 1.165) is 0 Å². The zero-order chi connectivity index (χ0) is 28.2. The molecule has 0 aliphatic rings. The van der Waals surface area contributed by atoms with Gasteiger partial charge in [0.2, 0.25) is 0 Å². The standard InChI is InChI=1S/C30H17BrCl2N4O3/c31-20-10-13-25(40-30(39)17-8-11-21(32)12-9-17)19(14-20)16-35-37-29(38)28-26(22-5-1-2-7-24(22)33)23-6-3-4-18(15-34)27(23)36-28/h1-14,16,36H,(H,37,38). The molecule has 0 aliphatic heterocycles. The van der Waals surface area contributed by atoms with Crippen molar-refractivity contribution in [1.82, 2.24) is 10.4 Å². The first-order valence-corrected chi connectivity index (χ1v) is 13.3. The predicted molar refractivity (Wildman–Crippen MR) is 159 cm³/mol. The number of aromatic nitrogens is 1. The maximum atomic E-state index is 13.4. The first-order chi connectivity index (χ1) is 19.4. The molecule has 0 unspecified atom stereocenters. The summed E-state index contributed by atoms with van der Waals surface area (Å²) >= 11 is 15.8. The van der Waals surface area contributed by atoms with Crippen LogP contribution >= 0.6 is 39.1 Å². The zero-order valence-electron chi connectivity index (χ0n) is 20.4. The maximum absolute atomic E-state index is 13.4. The first kappa shape index (κ1) is 27.2. The lowest BCUT2D eigenvalue weighted by Gasteiger charge is -2.08. The molecule has 0 radical (unpaired) electrons. The molecule has 10 heteroatoms. The number of fused-ring (bicyclic) bond motifs is 1. The Kier molecular flexibility index (Phi) is 7.99. The van der Waals surface area contributed by atoms with E-state index in [1.54, 1.807) is 72.8 Å². The van der Waals surface area contributed by atoms with Gasteiger partial charge in [0.15, 0.2) is 0 Å². The second kappa shape index (κ2) is 11.8. The number of para-hydroxylation sites is 1. The topological polar surface area (TPSA) is 107 Å². The van der Waals surface area contributed by atoms with Crippen molar-refractivity contribution in [2.45, 2.75) is 0 Å². The number of benzene rings is 4. The molecule has 196 valence electrons. The number of hydrogen-bond donors (Lipinski definition) is 2. The normalized spacial score (nSPS) is 10.9. The Morgan fingerprint density at radius 1 is 1.00 bits per heavy atom. The van der Waals surface area contributed by atoms with E-state index >= 15 is 0 Å². The Morgan fingerprint density at radius 3 is 2.52 bits per heavy atom. The van der Waals surface area contributed by atoms with E-state index in [-0.39, 0.29) is 11.4 Å². The number of H-pyrrole nitrogens is 1. The number of halogens is 3. The van der Waals surface area contributed by atoms with Crippen LogP contribution in [0.4, 0.5) is 0 Å². The largest absolute Gasteiger partial charge is 0.422 e. The summed E-state index contributed by atoms with van der Waals surface area (Å²) in [6.07, 6.45) is 1.37. The van der Waals surface area contributed by atoms with Crippen molar-refractivity contribution in [1.29, 1.82) is 5.26 Å². The monoisotopic (exact) mass is 630 g/mol. The molecule has 0 atom stereocenters. The van der Waals surface area contributed by atoms with Crippen LogP contribution < -0.4 is 10.2 Å². The minimum Gasteiger partial charge on any atom is -0.422 e. The molecule has 1 aromatic heterocycles. The van der Waals surface area contributed by atoms with Gasteiger partial charge in [-0.25, -0.2) is 10.2 Å². The lowest BCUT2D eigenvalue weighted by molar-refractivity contribution is 0.0734. The van der Waals surface area contributed by atoms with Gasteiger partial charge in [0.1, 0.15) is 17.5 Å². The van der Waals surface area contributed by atoms with Crippen LogP contribution in [0.1, 0.15) is 32.0 Å². The smallest absolute Gasteiger partial charge is 0.343 e. The van der Waals surface area contributed by atoms with E-state index in [2.05, 4.69) is 37.5 Å². The van der Waals surface area contributed by atoms with Crippen LogP contribution in [0, 0.1) is 11.3 Å². The lowest BCUT2D eigenvalue weighted by atomic mass is 10.0. The van der Waals surface area contributed by atoms with Crippen LogP contribution in [0.5, 0.6) is 5.75 Å². The number of aromatic amines is 1. The van der Waals surface area contributed by atoms with Crippen molar-refractivity contribution >= 4 is 68.1 Å². The Labute approximate surface area is 247 Å². The Balaban J connectivity index is 1.45. The lowest BCUT2D eigenvalue weighted by Crippen LogP contribution is -2.19. The van der Waals surface area contributed by atoms with Crippen molar-refractivity contribution in [2.75, 3.05) is 0 Å². The molecule has 0 saturated heterocycles. The minimum atomic E-state index is -0.576. The molecule has 2 N–H and O–H groups in total. The van der Waals surface area contributed by atoms with E-state index in [1.165, 1.54) is 6.21 Å². The molecule has 0 aliphatic carbocycles. The van der Waals surface area contributed by atoms with Gasteiger partial charge in [-0.1, -0.05) is 69.5 Å². The Hall–Kier alpha value is -4.42. The summed E-state index contributed by atoms with van der Waals surface area (Å²) in [7, 11) is 0. The van der Waals surface area contributed by atoms with Crippen LogP contribution in [0.2, 0.25) is 10.0 Å². The van der Waals surface area contributed by atoms with Crippen LogP contribution in [-0.2, 0) is 0 Å². The SMILES string of the molecule is N#Cc1cccc2c(-c3ccccc3Cl)c(C(=O)NN=Cc3cc(Br)ccc3OC(=O)c3ccc(Cl)cc3)[nH]c12. The number of amides is 1. The minimum absolute atomic E-state index is 0.187. The van der Waals surface area contributed by atoms with Gasteiger partial charge in [0.05, 0.1) is 22.9 Å². The third-order valence-electron chi connectivity index (χ3n) is 5.95. The van der Waals surface area contributed by atoms with Gasteiger partial charge in [0, 0.05) is 36.6 Å². The van der Waals surface area contributed by atoms with Gasteiger partial charge >= 0.3 is 5.97 Å². The summed E-state index contributed by atoms with van der Waals surface area (Å²) in [5, 5.41) is 15.3. The Bertz CT molecular complexity index is 1840. The maximum Gasteiger partial charge on any atom is 0.343 e. The van der Waals surface area contributed by atoms with E-state index < -0.39 is 11.9 Å². The number of ether oxygens (including phenoxy) is 1. The number of hydrogen-bond acceptors (Lipinski definition) is 5. The number of hydrazone groups is 1. The third-order valence-corrected chi connectivity index (χ3v) is 7.02. The van der Waals surface area contributed by atoms with Gasteiger partial charge < -0.3 is 9.72 Å². The van der Waals surface area contributed by atoms with Crippen LogP contribution in [0.3, 0.4) is 0 Å². The number of carbonyl (C=O) groups excluding carboxylic acids is 2. The number of rotatable bonds is 6. The molecule has 1 amide bonds. The summed E-state index contributed by atoms with van der Waals surface area (Å²) in [6.45, 7) is 0. The number of esters is 1. The van der Waals surface area contributed by atoms with Gasteiger partial charge in [-0.2, -0.15) is 10.4 Å². The average molecular weight is 632 g/mol. The molecule has 7 nitrogen and oxygen atoms in total. The van der Waals surface area contributed by atoms with E-state index in [9.17, 15) is 14.9 Å². The van der Waals surface area contributed by atoms with Crippen molar-refractivity contribution in [2.24, 2.45) is 5.10 Å². The van der Waals surface area contributed by atoms with E-state index in [4.69, 9.17) is 27.9 Å². The van der Waals surface area contributed by atoms with Crippen LogP contribution in [0.15, 0.2) is 94.5 Å². The zero-order valence-corrected chi connectivity index (χ0v) is 23.5. The molecular formula is C30H17BrCl2N4O3. The first-order valence-electron chi connectivity index (χ1n) is 11.8. The number of nitrogens with zero attached hydrogens (tertiary/aromatic N) is 2. The fraction of sp³-hybridized carbons (Fsp3) is 0. The van der Waals surface area contributed by atoms with Gasteiger partial charge in [-0.3, -0.25) is 4.79 Å². The average Bonchev–Trinajstić information content (AvgIpc) is 3.34. The van der Waals surface area contributed by atoms with Crippen LogP contribution in [0.25, 0.3) is 22.0 Å². The summed E-state index contributed by atoms with van der Waals surface area (Å²) in [5.41, 5.74) is 5.53. The quantitative estimate of drug-likeness (QED) is 0.0864. The van der Waals surface area contributed by atoms with Crippen molar-refractivity contribution in [3.63, 3.8) is 0 Å². The van der Waals surface area contributed by atoms with Gasteiger partial charge in [-0.05, 0) is 54.6 Å². The highest BCUT2D eigenvalue weighted by Crippen LogP contribution is 2.37. The Morgan fingerprint density at radius 2 is 1.77 bits per heavy atom. The van der Waals surface area contributed by atoms with Gasteiger partial charge in [0.25, 0.3) is 5.91 Å². The molecule has 0 fully saturated rings. The number of carbonyl (C=O) groups is 2.